The van der Waals surface area contributed by atoms with Crippen LogP contribution in [-0.2, 0) is 6.54 Å². The number of benzene rings is 1. The van der Waals surface area contributed by atoms with E-state index in [2.05, 4.69) is 20.2 Å². The summed E-state index contributed by atoms with van der Waals surface area (Å²) in [6, 6.07) is 8.57. The number of para-hydroxylation sites is 1. The van der Waals surface area contributed by atoms with Crippen LogP contribution in [0.4, 0.5) is 5.82 Å². The normalized spacial score (nSPS) is 13.7. The van der Waals surface area contributed by atoms with Crippen molar-refractivity contribution in [2.75, 3.05) is 25.1 Å². The van der Waals surface area contributed by atoms with Crippen LogP contribution in [0.3, 0.4) is 0 Å². The third-order valence-electron chi connectivity index (χ3n) is 4.72. The minimum absolute atomic E-state index is 0.0727. The number of aromatic nitrogens is 2. The van der Waals surface area contributed by atoms with Crippen molar-refractivity contribution in [1.29, 1.82) is 0 Å². The predicted molar refractivity (Wildman–Crippen MR) is 104 cm³/mol. The number of fused-ring (bicyclic) bond motifs is 1. The highest BCUT2D eigenvalue weighted by Gasteiger charge is 2.17. The molecule has 1 N–H and O–H groups in total. The summed E-state index contributed by atoms with van der Waals surface area (Å²) in [4.78, 5) is 35.7. The summed E-state index contributed by atoms with van der Waals surface area (Å²) >= 11 is 0. The Balaban J connectivity index is 1.52. The first-order chi connectivity index (χ1) is 13.7. The topological polar surface area (TPSA) is 97.6 Å². The van der Waals surface area contributed by atoms with Gasteiger partial charge in [-0.1, -0.05) is 12.1 Å². The minimum atomic E-state index is -0.721. The van der Waals surface area contributed by atoms with E-state index < -0.39 is 11.5 Å². The van der Waals surface area contributed by atoms with Gasteiger partial charge in [-0.3, -0.25) is 4.79 Å². The standard InChI is InChI=1S/C20H20N4O4/c1-27-15-6-4-5-13-11-14(20(26)28-18(13)15)19(25)22-12-16-21-8-7-17(23-16)24-9-2-3-10-24/h4-8,11H,2-3,9-10,12H2,1H3,(H,22,25). The lowest BCUT2D eigenvalue weighted by Crippen LogP contribution is -2.29. The predicted octanol–water partition coefficient (Wildman–Crippen LogP) is 2.12. The van der Waals surface area contributed by atoms with E-state index in [0.29, 0.717) is 22.5 Å². The number of carbonyl (C=O) groups is 1. The summed E-state index contributed by atoms with van der Waals surface area (Å²) in [6.45, 7) is 2.07. The second kappa shape index (κ2) is 7.67. The molecule has 0 saturated carbocycles. The van der Waals surface area contributed by atoms with Gasteiger partial charge in [-0.25, -0.2) is 14.8 Å². The van der Waals surface area contributed by atoms with Gasteiger partial charge >= 0.3 is 5.63 Å². The van der Waals surface area contributed by atoms with Gasteiger partial charge < -0.3 is 19.4 Å². The molecule has 0 bridgehead atoms. The van der Waals surface area contributed by atoms with Gasteiger partial charge in [0, 0.05) is 24.7 Å². The summed E-state index contributed by atoms with van der Waals surface area (Å²) in [5.41, 5.74) is -0.481. The van der Waals surface area contributed by atoms with Crippen molar-refractivity contribution in [2.24, 2.45) is 0 Å². The van der Waals surface area contributed by atoms with Crippen LogP contribution in [-0.4, -0.2) is 36.1 Å². The highest BCUT2D eigenvalue weighted by Crippen LogP contribution is 2.24. The Morgan fingerprint density at radius 2 is 2.11 bits per heavy atom. The van der Waals surface area contributed by atoms with Gasteiger partial charge in [-0.05, 0) is 31.0 Å². The lowest BCUT2D eigenvalue weighted by molar-refractivity contribution is 0.0946. The fraction of sp³-hybridized carbons (Fsp3) is 0.300. The van der Waals surface area contributed by atoms with Crippen LogP contribution >= 0.6 is 0 Å². The van der Waals surface area contributed by atoms with Gasteiger partial charge in [0.05, 0.1) is 13.7 Å². The van der Waals surface area contributed by atoms with Gasteiger partial charge in [-0.15, -0.1) is 0 Å². The molecule has 8 nitrogen and oxygen atoms in total. The lowest BCUT2D eigenvalue weighted by atomic mass is 10.1. The Labute approximate surface area is 161 Å². The van der Waals surface area contributed by atoms with E-state index in [0.717, 1.165) is 31.7 Å². The van der Waals surface area contributed by atoms with Crippen molar-refractivity contribution in [1.82, 2.24) is 15.3 Å². The molecule has 144 valence electrons. The lowest BCUT2D eigenvalue weighted by Gasteiger charge is -2.16. The fourth-order valence-corrected chi connectivity index (χ4v) is 3.29. The van der Waals surface area contributed by atoms with Gasteiger partial charge in [0.15, 0.2) is 11.3 Å². The zero-order chi connectivity index (χ0) is 19.5. The molecule has 1 aliphatic rings. The third kappa shape index (κ3) is 3.53. The fourth-order valence-electron chi connectivity index (χ4n) is 3.29. The maximum atomic E-state index is 12.5. The first-order valence-electron chi connectivity index (χ1n) is 9.11. The number of rotatable bonds is 5. The van der Waals surface area contributed by atoms with E-state index in [1.54, 1.807) is 24.4 Å². The number of ether oxygens (including phenoxy) is 1. The van der Waals surface area contributed by atoms with Crippen molar-refractivity contribution in [3.05, 3.63) is 58.3 Å². The Kier molecular flexibility index (Phi) is 4.92. The van der Waals surface area contributed by atoms with Crippen molar-refractivity contribution in [2.45, 2.75) is 19.4 Å². The number of hydrogen-bond acceptors (Lipinski definition) is 7. The van der Waals surface area contributed by atoms with Crippen LogP contribution in [0, 0.1) is 0 Å². The smallest absolute Gasteiger partial charge is 0.349 e. The quantitative estimate of drug-likeness (QED) is 0.677. The van der Waals surface area contributed by atoms with Crippen LogP contribution in [0.15, 0.2) is 45.7 Å². The van der Waals surface area contributed by atoms with E-state index in [9.17, 15) is 9.59 Å². The third-order valence-corrected chi connectivity index (χ3v) is 4.72. The summed E-state index contributed by atoms with van der Waals surface area (Å²) in [5, 5.41) is 3.30. The summed E-state index contributed by atoms with van der Waals surface area (Å²) in [7, 11) is 1.49. The molecule has 0 unspecified atom stereocenters. The summed E-state index contributed by atoms with van der Waals surface area (Å²) < 4.78 is 10.5. The van der Waals surface area contributed by atoms with Crippen LogP contribution < -0.4 is 20.6 Å². The Morgan fingerprint density at radius 3 is 2.89 bits per heavy atom. The van der Waals surface area contributed by atoms with Crippen molar-refractivity contribution in [3.8, 4) is 5.75 Å². The van der Waals surface area contributed by atoms with Gasteiger partial charge in [0.25, 0.3) is 5.91 Å². The molecular weight excluding hydrogens is 360 g/mol. The average Bonchev–Trinajstić information content (AvgIpc) is 3.26. The number of hydrogen-bond donors (Lipinski definition) is 1. The molecule has 0 radical (unpaired) electrons. The number of nitrogens with zero attached hydrogens (tertiary/aromatic N) is 3. The maximum absolute atomic E-state index is 12.5. The minimum Gasteiger partial charge on any atom is -0.493 e. The van der Waals surface area contributed by atoms with Gasteiger partial charge in [0.1, 0.15) is 17.2 Å². The van der Waals surface area contributed by atoms with E-state index >= 15 is 0 Å². The second-order valence-corrected chi connectivity index (χ2v) is 6.53. The molecule has 0 atom stereocenters. The SMILES string of the molecule is COc1cccc2cc(C(=O)NCc3nccc(N4CCCC4)n3)c(=O)oc12. The largest absolute Gasteiger partial charge is 0.493 e. The van der Waals surface area contributed by atoms with Crippen LogP contribution in [0.2, 0.25) is 0 Å². The molecule has 8 heteroatoms. The number of carbonyl (C=O) groups excluding carboxylic acids is 1. The number of methoxy groups -OCH3 is 1. The number of anilines is 1. The molecular formula is C20H20N4O4. The average molecular weight is 380 g/mol. The number of nitrogens with one attached hydrogen (secondary N) is 1. The zero-order valence-corrected chi connectivity index (χ0v) is 15.5. The second-order valence-electron chi connectivity index (χ2n) is 6.53. The number of amides is 1. The Morgan fingerprint density at radius 1 is 1.29 bits per heavy atom. The molecule has 4 rings (SSSR count). The molecule has 1 fully saturated rings. The zero-order valence-electron chi connectivity index (χ0n) is 15.5. The molecule has 28 heavy (non-hydrogen) atoms. The molecule has 1 aromatic carbocycles. The molecule has 1 saturated heterocycles. The van der Waals surface area contributed by atoms with Crippen LogP contribution in [0.5, 0.6) is 5.75 Å². The highest BCUT2D eigenvalue weighted by molar-refractivity contribution is 5.97. The van der Waals surface area contributed by atoms with Gasteiger partial charge in [0.2, 0.25) is 0 Å². The van der Waals surface area contributed by atoms with Gasteiger partial charge in [-0.2, -0.15) is 0 Å². The molecule has 0 spiro atoms. The summed E-state index contributed by atoms with van der Waals surface area (Å²) in [6.07, 6.45) is 3.98. The Bertz CT molecular complexity index is 1070. The maximum Gasteiger partial charge on any atom is 0.349 e. The monoisotopic (exact) mass is 380 g/mol. The van der Waals surface area contributed by atoms with Crippen LogP contribution in [0.1, 0.15) is 29.0 Å². The van der Waals surface area contributed by atoms with Crippen molar-refractivity contribution in [3.63, 3.8) is 0 Å². The van der Waals surface area contributed by atoms with E-state index in [1.807, 2.05) is 6.07 Å². The van der Waals surface area contributed by atoms with Crippen LogP contribution in [0.25, 0.3) is 11.0 Å². The first-order valence-corrected chi connectivity index (χ1v) is 9.11. The molecule has 3 heterocycles. The highest BCUT2D eigenvalue weighted by atomic mass is 16.5. The summed E-state index contributed by atoms with van der Waals surface area (Å²) in [5.74, 6) is 1.25. The molecule has 2 aromatic heterocycles. The molecule has 3 aromatic rings. The van der Waals surface area contributed by atoms with Crippen molar-refractivity contribution < 1.29 is 13.9 Å². The van der Waals surface area contributed by atoms with Crippen molar-refractivity contribution >= 4 is 22.7 Å². The van der Waals surface area contributed by atoms with E-state index in [-0.39, 0.29) is 12.1 Å². The van der Waals surface area contributed by atoms with E-state index in [1.165, 1.54) is 13.2 Å². The molecule has 0 aliphatic carbocycles. The molecule has 1 aliphatic heterocycles. The first kappa shape index (κ1) is 18.0. The van der Waals surface area contributed by atoms with E-state index in [4.69, 9.17) is 9.15 Å². The molecule has 1 amide bonds. The Hall–Kier alpha value is -3.42.